The van der Waals surface area contributed by atoms with E-state index in [2.05, 4.69) is 55.7 Å². The minimum absolute atomic E-state index is 0.303. The highest BCUT2D eigenvalue weighted by molar-refractivity contribution is 9.11. The molecule has 0 aromatic carbocycles. The normalized spacial score (nSPS) is 11.1. The number of nitrogen functional groups attached to an aromatic ring is 1. The number of rotatable bonds is 2. The molecule has 0 bridgehead atoms. The van der Waals surface area contributed by atoms with Crippen LogP contribution in [-0.2, 0) is 0 Å². The van der Waals surface area contributed by atoms with Gasteiger partial charge >= 0.3 is 0 Å². The molecule has 0 atom stereocenters. The number of nitrogens with two attached hydrogens (primary N) is 1. The maximum Gasteiger partial charge on any atom is 0.171 e. The molecule has 17 heavy (non-hydrogen) atoms. The summed E-state index contributed by atoms with van der Waals surface area (Å²) >= 11 is 8.47. The zero-order chi connectivity index (χ0) is 12.6. The highest BCUT2D eigenvalue weighted by Gasteiger charge is 2.14. The zero-order valence-corrected chi connectivity index (χ0v) is 13.4. The van der Waals surface area contributed by atoms with Crippen LogP contribution >= 0.6 is 43.2 Å². The Balaban J connectivity index is 2.56. The van der Waals surface area contributed by atoms with Crippen molar-refractivity contribution in [2.45, 2.75) is 19.8 Å². The third-order valence-electron chi connectivity index (χ3n) is 2.24. The number of hydrogen-bond acceptors (Lipinski definition) is 4. The van der Waals surface area contributed by atoms with Gasteiger partial charge in [0.15, 0.2) is 5.82 Å². The SMILES string of the molecule is CC(C)c1nc(-c2ccc(Br)s2)nc(N)c1Br. The van der Waals surface area contributed by atoms with Crippen molar-refractivity contribution < 1.29 is 0 Å². The van der Waals surface area contributed by atoms with E-state index in [0.717, 1.165) is 18.8 Å². The Bertz CT molecular complexity index is 552. The summed E-state index contributed by atoms with van der Waals surface area (Å²) in [5, 5.41) is 0. The van der Waals surface area contributed by atoms with Gasteiger partial charge in [0, 0.05) is 0 Å². The van der Waals surface area contributed by atoms with E-state index in [-0.39, 0.29) is 0 Å². The van der Waals surface area contributed by atoms with Crippen LogP contribution in [0.2, 0.25) is 0 Å². The van der Waals surface area contributed by atoms with Crippen molar-refractivity contribution in [2.75, 3.05) is 5.73 Å². The molecule has 2 N–H and O–H groups in total. The molecule has 90 valence electrons. The summed E-state index contributed by atoms with van der Waals surface area (Å²) in [5.74, 6) is 1.48. The van der Waals surface area contributed by atoms with E-state index in [0.29, 0.717) is 17.6 Å². The summed E-state index contributed by atoms with van der Waals surface area (Å²) in [4.78, 5) is 9.89. The molecule has 0 aliphatic rings. The molecule has 2 aromatic heterocycles. The lowest BCUT2D eigenvalue weighted by atomic mass is 10.1. The molecule has 0 unspecified atom stereocenters. The van der Waals surface area contributed by atoms with Gasteiger partial charge < -0.3 is 5.73 Å². The standard InChI is InChI=1S/C11H11Br2N3S/c1-5(2)9-8(13)10(14)16-11(15-9)6-3-4-7(12)17-6/h3-5H,1-2H3,(H2,14,15,16). The smallest absolute Gasteiger partial charge is 0.171 e. The van der Waals surface area contributed by atoms with Gasteiger partial charge in [-0.15, -0.1) is 11.3 Å². The molecule has 3 nitrogen and oxygen atoms in total. The van der Waals surface area contributed by atoms with Gasteiger partial charge in [-0.3, -0.25) is 0 Å². The van der Waals surface area contributed by atoms with E-state index in [4.69, 9.17) is 5.73 Å². The number of halogens is 2. The summed E-state index contributed by atoms with van der Waals surface area (Å²) in [5.41, 5.74) is 6.84. The minimum atomic E-state index is 0.303. The Morgan fingerprint density at radius 3 is 2.47 bits per heavy atom. The Hall–Kier alpha value is -0.460. The molecule has 0 aliphatic heterocycles. The van der Waals surface area contributed by atoms with Gasteiger partial charge in [-0.2, -0.15) is 0 Å². The molecule has 2 heterocycles. The predicted molar refractivity (Wildman–Crippen MR) is 79.2 cm³/mol. The van der Waals surface area contributed by atoms with E-state index >= 15 is 0 Å². The number of nitrogens with zero attached hydrogens (tertiary/aromatic N) is 2. The van der Waals surface area contributed by atoms with Crippen molar-refractivity contribution in [2.24, 2.45) is 0 Å². The average molecular weight is 377 g/mol. The first-order chi connectivity index (χ1) is 7.99. The largest absolute Gasteiger partial charge is 0.383 e. The van der Waals surface area contributed by atoms with E-state index in [9.17, 15) is 0 Å². The van der Waals surface area contributed by atoms with Crippen molar-refractivity contribution in [3.05, 3.63) is 26.1 Å². The van der Waals surface area contributed by atoms with Crippen LogP contribution in [0.25, 0.3) is 10.7 Å². The number of hydrogen-bond donors (Lipinski definition) is 1. The van der Waals surface area contributed by atoms with Crippen LogP contribution in [0.15, 0.2) is 20.4 Å². The van der Waals surface area contributed by atoms with E-state index in [1.165, 1.54) is 0 Å². The quantitative estimate of drug-likeness (QED) is 0.842. The van der Waals surface area contributed by atoms with E-state index in [1.807, 2.05) is 12.1 Å². The molecule has 2 aromatic rings. The third kappa shape index (κ3) is 2.69. The van der Waals surface area contributed by atoms with E-state index < -0.39 is 0 Å². The lowest BCUT2D eigenvalue weighted by Crippen LogP contribution is -2.03. The molecule has 6 heteroatoms. The first-order valence-corrected chi connectivity index (χ1v) is 7.48. The Morgan fingerprint density at radius 2 is 1.94 bits per heavy atom. The third-order valence-corrected chi connectivity index (χ3v) is 4.68. The molecule has 0 aliphatic carbocycles. The highest BCUT2D eigenvalue weighted by Crippen LogP contribution is 2.33. The van der Waals surface area contributed by atoms with Crippen LogP contribution < -0.4 is 5.73 Å². The number of thiophene rings is 1. The summed E-state index contributed by atoms with van der Waals surface area (Å²) in [7, 11) is 0. The van der Waals surface area contributed by atoms with Gasteiger partial charge in [0.25, 0.3) is 0 Å². The molecule has 0 radical (unpaired) electrons. The fraction of sp³-hybridized carbons (Fsp3) is 0.273. The second kappa shape index (κ2) is 5.04. The van der Waals surface area contributed by atoms with Crippen LogP contribution in [0.3, 0.4) is 0 Å². The first-order valence-electron chi connectivity index (χ1n) is 5.07. The van der Waals surface area contributed by atoms with Crippen LogP contribution in [0.5, 0.6) is 0 Å². The predicted octanol–water partition coefficient (Wildman–Crippen LogP) is 4.44. The van der Waals surface area contributed by atoms with Crippen molar-refractivity contribution in [3.8, 4) is 10.7 Å². The zero-order valence-electron chi connectivity index (χ0n) is 9.37. The second-order valence-electron chi connectivity index (χ2n) is 3.89. The fourth-order valence-corrected chi connectivity index (χ4v) is 3.37. The minimum Gasteiger partial charge on any atom is -0.383 e. The van der Waals surface area contributed by atoms with Gasteiger partial charge in [-0.25, -0.2) is 9.97 Å². The summed E-state index contributed by atoms with van der Waals surface area (Å²) in [6.45, 7) is 4.17. The molecular weight excluding hydrogens is 366 g/mol. The summed E-state index contributed by atoms with van der Waals surface area (Å²) < 4.78 is 1.86. The van der Waals surface area contributed by atoms with Gasteiger partial charge in [0.05, 0.1) is 18.8 Å². The van der Waals surface area contributed by atoms with Crippen LogP contribution in [0.4, 0.5) is 5.82 Å². The van der Waals surface area contributed by atoms with Gasteiger partial charge in [-0.1, -0.05) is 13.8 Å². The Labute approximate surface area is 121 Å². The van der Waals surface area contributed by atoms with Crippen molar-refractivity contribution in [1.29, 1.82) is 0 Å². The second-order valence-corrected chi connectivity index (χ2v) is 7.15. The molecule has 0 spiro atoms. The Kier molecular flexibility index (Phi) is 3.85. The van der Waals surface area contributed by atoms with Crippen molar-refractivity contribution in [3.63, 3.8) is 0 Å². The van der Waals surface area contributed by atoms with Gasteiger partial charge in [0.1, 0.15) is 5.82 Å². The summed E-state index contributed by atoms with van der Waals surface area (Å²) in [6, 6.07) is 3.97. The molecule has 0 saturated heterocycles. The van der Waals surface area contributed by atoms with E-state index in [1.54, 1.807) is 11.3 Å². The number of aromatic nitrogens is 2. The van der Waals surface area contributed by atoms with Crippen molar-refractivity contribution in [1.82, 2.24) is 9.97 Å². The topological polar surface area (TPSA) is 51.8 Å². The van der Waals surface area contributed by atoms with Crippen LogP contribution in [0.1, 0.15) is 25.5 Å². The maximum atomic E-state index is 5.90. The maximum absolute atomic E-state index is 5.90. The molecule has 2 rings (SSSR count). The average Bonchev–Trinajstić information content (AvgIpc) is 2.68. The molecular formula is C11H11Br2N3S. The first kappa shape index (κ1) is 13.0. The van der Waals surface area contributed by atoms with Crippen LogP contribution in [-0.4, -0.2) is 9.97 Å². The molecule has 0 fully saturated rings. The van der Waals surface area contributed by atoms with Gasteiger partial charge in [0.2, 0.25) is 0 Å². The van der Waals surface area contributed by atoms with Gasteiger partial charge in [-0.05, 0) is 49.9 Å². The van der Waals surface area contributed by atoms with Crippen molar-refractivity contribution >= 4 is 49.0 Å². The summed E-state index contributed by atoms with van der Waals surface area (Å²) in [6.07, 6.45) is 0. The van der Waals surface area contributed by atoms with Crippen LogP contribution in [0, 0.1) is 0 Å². The molecule has 0 saturated carbocycles. The monoisotopic (exact) mass is 375 g/mol. The number of anilines is 1. The Morgan fingerprint density at radius 1 is 1.24 bits per heavy atom. The lowest BCUT2D eigenvalue weighted by Gasteiger charge is -2.10. The fourth-order valence-electron chi connectivity index (χ4n) is 1.41. The molecule has 0 amide bonds. The highest BCUT2D eigenvalue weighted by atomic mass is 79.9. The lowest BCUT2D eigenvalue weighted by molar-refractivity contribution is 0.811.